The molecule has 2 rings (SSSR count). The molecule has 1 saturated carbocycles. The number of ether oxygens (including phenoxy) is 1. The molecule has 1 saturated heterocycles. The van der Waals surface area contributed by atoms with E-state index in [1.165, 1.54) is 0 Å². The molecule has 2 aliphatic rings. The third-order valence-corrected chi connectivity index (χ3v) is 5.13. The number of rotatable bonds is 5. The van der Waals surface area contributed by atoms with E-state index in [1.54, 1.807) is 7.11 Å². The second kappa shape index (κ2) is 5.57. The number of nitrogens with one attached hydrogen (secondary N) is 2. The van der Waals surface area contributed by atoms with Crippen molar-refractivity contribution in [3.63, 3.8) is 0 Å². The van der Waals surface area contributed by atoms with Crippen LogP contribution in [0.5, 0.6) is 0 Å². The number of hydrogen-bond acceptors (Lipinski definition) is 3. The summed E-state index contributed by atoms with van der Waals surface area (Å²) >= 11 is 0. The minimum absolute atomic E-state index is 0.149. The number of hydrogen-bond donors (Lipinski definition) is 2. The number of amides is 1. The second-order valence-corrected chi connectivity index (χ2v) is 5.65. The van der Waals surface area contributed by atoms with Crippen molar-refractivity contribution >= 4 is 5.91 Å². The minimum atomic E-state index is 0.149. The van der Waals surface area contributed by atoms with E-state index < -0.39 is 0 Å². The van der Waals surface area contributed by atoms with Gasteiger partial charge in [-0.15, -0.1) is 0 Å². The summed E-state index contributed by atoms with van der Waals surface area (Å²) in [5.74, 6) is 0.392. The second-order valence-electron chi connectivity index (χ2n) is 5.65. The van der Waals surface area contributed by atoms with Crippen LogP contribution in [-0.4, -0.2) is 38.3 Å². The van der Waals surface area contributed by atoms with E-state index >= 15 is 0 Å². The van der Waals surface area contributed by atoms with Crippen molar-refractivity contribution in [3.05, 3.63) is 0 Å². The Balaban J connectivity index is 1.95. The molecule has 4 nitrogen and oxygen atoms in total. The Morgan fingerprint density at radius 2 is 2.17 bits per heavy atom. The van der Waals surface area contributed by atoms with Gasteiger partial charge in [0.05, 0.1) is 12.0 Å². The van der Waals surface area contributed by atoms with Gasteiger partial charge in [-0.1, -0.05) is 13.8 Å². The summed E-state index contributed by atoms with van der Waals surface area (Å²) in [7, 11) is 1.78. The number of carbonyl (C=O) groups excluding carboxylic acids is 1. The maximum atomic E-state index is 12.2. The number of carbonyl (C=O) groups is 1. The highest BCUT2D eigenvalue weighted by Gasteiger charge is 2.53. The molecule has 0 bridgehead atoms. The molecule has 18 heavy (non-hydrogen) atoms. The van der Waals surface area contributed by atoms with Gasteiger partial charge in [0, 0.05) is 25.1 Å². The molecule has 0 aromatic carbocycles. The Labute approximate surface area is 110 Å². The van der Waals surface area contributed by atoms with Crippen molar-refractivity contribution in [2.24, 2.45) is 11.3 Å². The maximum absolute atomic E-state index is 12.2. The number of methoxy groups -OCH3 is 1. The molecule has 104 valence electrons. The fraction of sp³-hybridized carbons (Fsp3) is 0.929. The standard InChI is InChI=1S/C14H26N2O2/c1-4-14(5-2)11(8-12(14)18-3)16-13(17)10-6-7-15-9-10/h10-12,15H,4-9H2,1-3H3,(H,16,17). The highest BCUT2D eigenvalue weighted by atomic mass is 16.5. The molecule has 1 amide bonds. The monoisotopic (exact) mass is 254 g/mol. The first-order valence-corrected chi connectivity index (χ1v) is 7.21. The lowest BCUT2D eigenvalue weighted by atomic mass is 9.58. The zero-order valence-corrected chi connectivity index (χ0v) is 11.8. The van der Waals surface area contributed by atoms with Gasteiger partial charge < -0.3 is 15.4 Å². The topological polar surface area (TPSA) is 50.4 Å². The molecule has 0 aromatic heterocycles. The zero-order valence-electron chi connectivity index (χ0n) is 11.8. The summed E-state index contributed by atoms with van der Waals surface area (Å²) in [6, 6.07) is 0.297. The van der Waals surface area contributed by atoms with Gasteiger partial charge in [0.2, 0.25) is 5.91 Å². The van der Waals surface area contributed by atoms with Crippen molar-refractivity contribution in [2.75, 3.05) is 20.2 Å². The molecule has 0 aromatic rings. The van der Waals surface area contributed by atoms with Gasteiger partial charge in [-0.3, -0.25) is 4.79 Å². The van der Waals surface area contributed by atoms with E-state index in [0.29, 0.717) is 12.1 Å². The van der Waals surface area contributed by atoms with Crippen LogP contribution in [-0.2, 0) is 9.53 Å². The average Bonchev–Trinajstić information content (AvgIpc) is 2.89. The summed E-state index contributed by atoms with van der Waals surface area (Å²) in [4.78, 5) is 12.2. The van der Waals surface area contributed by atoms with E-state index in [1.807, 2.05) is 0 Å². The highest BCUT2D eigenvalue weighted by Crippen LogP contribution is 2.48. The van der Waals surface area contributed by atoms with Crippen LogP contribution in [0.2, 0.25) is 0 Å². The molecule has 0 spiro atoms. The van der Waals surface area contributed by atoms with Crippen LogP contribution in [0.15, 0.2) is 0 Å². The molecule has 1 aliphatic carbocycles. The Hall–Kier alpha value is -0.610. The van der Waals surface area contributed by atoms with Crippen LogP contribution in [0, 0.1) is 11.3 Å². The van der Waals surface area contributed by atoms with Crippen molar-refractivity contribution in [2.45, 2.75) is 51.7 Å². The van der Waals surface area contributed by atoms with Crippen molar-refractivity contribution in [1.29, 1.82) is 0 Å². The van der Waals surface area contributed by atoms with Gasteiger partial charge in [-0.05, 0) is 32.2 Å². The van der Waals surface area contributed by atoms with Crippen molar-refractivity contribution in [3.8, 4) is 0 Å². The highest BCUT2D eigenvalue weighted by molar-refractivity contribution is 5.79. The van der Waals surface area contributed by atoms with Gasteiger partial charge in [0.1, 0.15) is 0 Å². The van der Waals surface area contributed by atoms with Crippen molar-refractivity contribution in [1.82, 2.24) is 10.6 Å². The molecular weight excluding hydrogens is 228 g/mol. The first-order chi connectivity index (χ1) is 8.67. The molecule has 2 N–H and O–H groups in total. The Bertz CT molecular complexity index is 296. The molecule has 3 unspecified atom stereocenters. The van der Waals surface area contributed by atoms with E-state index in [-0.39, 0.29) is 17.2 Å². The van der Waals surface area contributed by atoms with Crippen molar-refractivity contribution < 1.29 is 9.53 Å². The predicted molar refractivity (Wildman–Crippen MR) is 71.3 cm³/mol. The molecule has 1 heterocycles. The minimum Gasteiger partial charge on any atom is -0.381 e. The predicted octanol–water partition coefficient (Wildman–Crippen LogP) is 1.31. The third kappa shape index (κ3) is 2.16. The molecule has 1 aliphatic heterocycles. The zero-order chi connectivity index (χ0) is 13.2. The van der Waals surface area contributed by atoms with Crippen LogP contribution in [0.1, 0.15) is 39.5 Å². The Morgan fingerprint density at radius 3 is 2.67 bits per heavy atom. The average molecular weight is 254 g/mol. The van der Waals surface area contributed by atoms with Crippen LogP contribution in [0.4, 0.5) is 0 Å². The Morgan fingerprint density at radius 1 is 1.44 bits per heavy atom. The summed E-state index contributed by atoms with van der Waals surface area (Å²) in [5.41, 5.74) is 0.149. The molecule has 4 heteroatoms. The summed E-state index contributed by atoms with van der Waals surface area (Å²) in [6.45, 7) is 6.20. The quantitative estimate of drug-likeness (QED) is 0.777. The normalized spacial score (nSPS) is 34.1. The van der Waals surface area contributed by atoms with Crippen LogP contribution in [0.3, 0.4) is 0 Å². The van der Waals surface area contributed by atoms with Gasteiger partial charge >= 0.3 is 0 Å². The van der Waals surface area contributed by atoms with E-state index in [4.69, 9.17) is 4.74 Å². The maximum Gasteiger partial charge on any atom is 0.224 e. The van der Waals surface area contributed by atoms with Crippen LogP contribution >= 0.6 is 0 Å². The summed E-state index contributed by atoms with van der Waals surface area (Å²) in [5, 5.41) is 6.50. The fourth-order valence-electron chi connectivity index (χ4n) is 3.65. The van der Waals surface area contributed by atoms with E-state index in [0.717, 1.165) is 38.8 Å². The molecule has 3 atom stereocenters. The van der Waals surface area contributed by atoms with Crippen LogP contribution < -0.4 is 10.6 Å². The first-order valence-electron chi connectivity index (χ1n) is 7.21. The molecule has 0 radical (unpaired) electrons. The SMILES string of the molecule is CCC1(CC)C(NC(=O)C2CCNC2)CC1OC. The lowest BCUT2D eigenvalue weighted by Gasteiger charge is -2.55. The Kier molecular flexibility index (Phi) is 4.28. The van der Waals surface area contributed by atoms with Gasteiger partial charge in [0.15, 0.2) is 0 Å². The van der Waals surface area contributed by atoms with E-state index in [9.17, 15) is 4.79 Å². The molecule has 2 fully saturated rings. The summed E-state index contributed by atoms with van der Waals surface area (Å²) in [6.07, 6.45) is 4.37. The van der Waals surface area contributed by atoms with Crippen LogP contribution in [0.25, 0.3) is 0 Å². The van der Waals surface area contributed by atoms with Gasteiger partial charge in [-0.25, -0.2) is 0 Å². The third-order valence-electron chi connectivity index (χ3n) is 5.13. The smallest absolute Gasteiger partial charge is 0.224 e. The molecular formula is C14H26N2O2. The van der Waals surface area contributed by atoms with Gasteiger partial charge in [0.25, 0.3) is 0 Å². The largest absolute Gasteiger partial charge is 0.381 e. The first kappa shape index (κ1) is 13.8. The lowest BCUT2D eigenvalue weighted by Crippen LogP contribution is -2.64. The summed E-state index contributed by atoms with van der Waals surface area (Å²) < 4.78 is 5.56. The van der Waals surface area contributed by atoms with Gasteiger partial charge in [-0.2, -0.15) is 0 Å². The lowest BCUT2D eigenvalue weighted by molar-refractivity contribution is -0.143. The fourth-order valence-corrected chi connectivity index (χ4v) is 3.65. The van der Waals surface area contributed by atoms with E-state index in [2.05, 4.69) is 24.5 Å².